The van der Waals surface area contributed by atoms with Gasteiger partial charge in [0, 0.05) is 30.5 Å². The van der Waals surface area contributed by atoms with Crippen LogP contribution in [0.25, 0.3) is 0 Å². The van der Waals surface area contributed by atoms with Gasteiger partial charge in [-0.3, -0.25) is 4.79 Å². The molecule has 1 amide bonds. The van der Waals surface area contributed by atoms with Gasteiger partial charge in [-0.1, -0.05) is 0 Å². The summed E-state index contributed by atoms with van der Waals surface area (Å²) >= 11 is 0. The van der Waals surface area contributed by atoms with Gasteiger partial charge in [-0.05, 0) is 52.0 Å². The van der Waals surface area contributed by atoms with Crippen LogP contribution in [0.1, 0.15) is 45.4 Å². The molecule has 108 valence electrons. The molecule has 3 fully saturated rings. The quantitative estimate of drug-likeness (QED) is 0.795. The molecule has 0 bridgehead atoms. The zero-order chi connectivity index (χ0) is 13.2. The average Bonchev–Trinajstić information content (AvgIpc) is 2.88. The highest BCUT2D eigenvalue weighted by molar-refractivity contribution is 5.79. The molecule has 4 heteroatoms. The molecule has 1 aliphatic carbocycles. The number of hydrogen-bond donors (Lipinski definition) is 2. The molecule has 3 unspecified atom stereocenters. The summed E-state index contributed by atoms with van der Waals surface area (Å²) in [5.74, 6) is 1.06. The fourth-order valence-corrected chi connectivity index (χ4v) is 4.03. The van der Waals surface area contributed by atoms with Gasteiger partial charge in [0.15, 0.2) is 0 Å². The molecule has 5 atom stereocenters. The maximum Gasteiger partial charge on any atom is 0.223 e. The van der Waals surface area contributed by atoms with Crippen LogP contribution in [0.2, 0.25) is 0 Å². The molecular weight excluding hydrogens is 240 g/mol. The minimum Gasteiger partial charge on any atom is -0.378 e. The number of carbonyl (C=O) groups is 1. The van der Waals surface area contributed by atoms with E-state index in [1.165, 1.54) is 12.8 Å². The SMILES string of the molecule is C[C@H]1C[C@@H](C(=O)NC2CCCC3OCCC23)CCN1. The monoisotopic (exact) mass is 266 g/mol. The van der Waals surface area contributed by atoms with E-state index in [1.54, 1.807) is 0 Å². The van der Waals surface area contributed by atoms with Crippen LogP contribution >= 0.6 is 0 Å². The van der Waals surface area contributed by atoms with Crippen LogP contribution in [0.3, 0.4) is 0 Å². The number of ether oxygens (including phenoxy) is 1. The van der Waals surface area contributed by atoms with E-state index in [4.69, 9.17) is 4.74 Å². The second-order valence-electron chi connectivity index (χ2n) is 6.48. The van der Waals surface area contributed by atoms with E-state index in [9.17, 15) is 4.79 Å². The Morgan fingerprint density at radius 2 is 2.16 bits per heavy atom. The van der Waals surface area contributed by atoms with Crippen molar-refractivity contribution in [1.82, 2.24) is 10.6 Å². The average molecular weight is 266 g/mol. The van der Waals surface area contributed by atoms with Crippen LogP contribution in [0.5, 0.6) is 0 Å². The summed E-state index contributed by atoms with van der Waals surface area (Å²) in [6.45, 7) is 4.02. The molecule has 4 nitrogen and oxygen atoms in total. The summed E-state index contributed by atoms with van der Waals surface area (Å²) in [4.78, 5) is 12.4. The van der Waals surface area contributed by atoms with E-state index < -0.39 is 0 Å². The third kappa shape index (κ3) is 2.95. The first-order valence-corrected chi connectivity index (χ1v) is 7.89. The summed E-state index contributed by atoms with van der Waals surface area (Å²) in [7, 11) is 0. The van der Waals surface area contributed by atoms with E-state index in [0.29, 0.717) is 24.1 Å². The van der Waals surface area contributed by atoms with Crippen molar-refractivity contribution in [2.45, 2.75) is 63.6 Å². The number of nitrogens with one attached hydrogen (secondary N) is 2. The Morgan fingerprint density at radius 1 is 1.26 bits per heavy atom. The Morgan fingerprint density at radius 3 is 3.00 bits per heavy atom. The molecule has 2 heterocycles. The first kappa shape index (κ1) is 13.4. The number of rotatable bonds is 2. The van der Waals surface area contributed by atoms with Gasteiger partial charge >= 0.3 is 0 Å². The molecule has 0 aromatic rings. The Labute approximate surface area is 115 Å². The fourth-order valence-electron chi connectivity index (χ4n) is 4.03. The molecular formula is C15H26N2O2. The minimum absolute atomic E-state index is 0.207. The molecule has 3 rings (SSSR count). The smallest absolute Gasteiger partial charge is 0.223 e. The first-order valence-electron chi connectivity index (χ1n) is 7.89. The molecule has 0 radical (unpaired) electrons. The predicted molar refractivity (Wildman–Crippen MR) is 73.8 cm³/mol. The van der Waals surface area contributed by atoms with Gasteiger partial charge in [0.25, 0.3) is 0 Å². The van der Waals surface area contributed by atoms with Crippen molar-refractivity contribution in [2.24, 2.45) is 11.8 Å². The lowest BCUT2D eigenvalue weighted by Crippen LogP contribution is -2.50. The number of fused-ring (bicyclic) bond motifs is 1. The largest absolute Gasteiger partial charge is 0.378 e. The van der Waals surface area contributed by atoms with Crippen molar-refractivity contribution in [1.29, 1.82) is 0 Å². The zero-order valence-electron chi connectivity index (χ0n) is 11.9. The van der Waals surface area contributed by atoms with E-state index >= 15 is 0 Å². The van der Waals surface area contributed by atoms with Gasteiger partial charge in [0.05, 0.1) is 6.10 Å². The highest BCUT2D eigenvalue weighted by Gasteiger charge is 2.39. The number of amides is 1. The lowest BCUT2D eigenvalue weighted by Gasteiger charge is -2.35. The molecule has 0 aromatic carbocycles. The van der Waals surface area contributed by atoms with Crippen LogP contribution in [0.4, 0.5) is 0 Å². The van der Waals surface area contributed by atoms with Crippen LogP contribution < -0.4 is 10.6 Å². The number of piperidine rings is 1. The molecule has 3 aliphatic rings. The molecule has 2 aliphatic heterocycles. The zero-order valence-corrected chi connectivity index (χ0v) is 11.9. The van der Waals surface area contributed by atoms with Gasteiger partial charge in [-0.15, -0.1) is 0 Å². The van der Waals surface area contributed by atoms with Crippen LogP contribution in [-0.2, 0) is 9.53 Å². The van der Waals surface area contributed by atoms with E-state index in [0.717, 1.165) is 38.8 Å². The van der Waals surface area contributed by atoms with E-state index in [2.05, 4.69) is 17.6 Å². The standard InChI is InChI=1S/C15H26N2O2/c1-10-9-11(5-7-16-10)15(18)17-13-3-2-4-14-12(13)6-8-19-14/h10-14,16H,2-9H2,1H3,(H,17,18)/t10-,11-,12?,13?,14?/m0/s1. The normalized spacial score (nSPS) is 42.7. The maximum atomic E-state index is 12.4. The number of hydrogen-bond acceptors (Lipinski definition) is 3. The van der Waals surface area contributed by atoms with Crippen molar-refractivity contribution >= 4 is 5.91 Å². The summed E-state index contributed by atoms with van der Waals surface area (Å²) in [5.41, 5.74) is 0. The van der Waals surface area contributed by atoms with E-state index in [-0.39, 0.29) is 11.8 Å². The molecule has 19 heavy (non-hydrogen) atoms. The molecule has 1 saturated carbocycles. The molecule has 0 spiro atoms. The van der Waals surface area contributed by atoms with E-state index in [1.807, 2.05) is 0 Å². The van der Waals surface area contributed by atoms with Crippen molar-refractivity contribution in [3.8, 4) is 0 Å². The van der Waals surface area contributed by atoms with Gasteiger partial charge in [0.1, 0.15) is 0 Å². The summed E-state index contributed by atoms with van der Waals surface area (Å²) in [6, 6.07) is 0.831. The van der Waals surface area contributed by atoms with Gasteiger partial charge in [-0.25, -0.2) is 0 Å². The third-order valence-electron chi connectivity index (χ3n) is 5.10. The summed E-state index contributed by atoms with van der Waals surface area (Å²) in [6.07, 6.45) is 6.99. The molecule has 2 N–H and O–H groups in total. The highest BCUT2D eigenvalue weighted by atomic mass is 16.5. The van der Waals surface area contributed by atoms with Crippen LogP contribution in [0.15, 0.2) is 0 Å². The van der Waals surface area contributed by atoms with Crippen LogP contribution in [0, 0.1) is 11.8 Å². The Balaban J connectivity index is 1.56. The number of carbonyl (C=O) groups excluding carboxylic acids is 1. The van der Waals surface area contributed by atoms with Gasteiger partial charge in [-0.2, -0.15) is 0 Å². The van der Waals surface area contributed by atoms with Crippen molar-refractivity contribution in [3.05, 3.63) is 0 Å². The Hall–Kier alpha value is -0.610. The molecule has 0 aromatic heterocycles. The topological polar surface area (TPSA) is 50.4 Å². The molecule has 2 saturated heterocycles. The fraction of sp³-hybridized carbons (Fsp3) is 0.933. The third-order valence-corrected chi connectivity index (χ3v) is 5.10. The van der Waals surface area contributed by atoms with Gasteiger partial charge in [0.2, 0.25) is 5.91 Å². The highest BCUT2D eigenvalue weighted by Crippen LogP contribution is 2.34. The maximum absolute atomic E-state index is 12.4. The predicted octanol–water partition coefficient (Wildman–Crippen LogP) is 1.45. The second-order valence-corrected chi connectivity index (χ2v) is 6.48. The van der Waals surface area contributed by atoms with Crippen molar-refractivity contribution < 1.29 is 9.53 Å². The van der Waals surface area contributed by atoms with Crippen LogP contribution in [-0.4, -0.2) is 37.2 Å². The lowest BCUT2D eigenvalue weighted by atomic mass is 9.81. The summed E-state index contributed by atoms with van der Waals surface area (Å²) < 4.78 is 5.77. The Kier molecular flexibility index (Phi) is 4.08. The van der Waals surface area contributed by atoms with Crippen molar-refractivity contribution in [2.75, 3.05) is 13.2 Å². The second kappa shape index (κ2) is 5.80. The summed E-state index contributed by atoms with van der Waals surface area (Å²) in [5, 5.41) is 6.74. The first-order chi connectivity index (χ1) is 9.24. The minimum atomic E-state index is 0.207. The lowest BCUT2D eigenvalue weighted by molar-refractivity contribution is -0.127. The van der Waals surface area contributed by atoms with Crippen molar-refractivity contribution in [3.63, 3.8) is 0 Å². The Bertz CT molecular complexity index is 334. The van der Waals surface area contributed by atoms with Gasteiger partial charge < -0.3 is 15.4 Å².